The summed E-state index contributed by atoms with van der Waals surface area (Å²) in [6.07, 6.45) is 1.43. The van der Waals surface area contributed by atoms with Gasteiger partial charge in [0.1, 0.15) is 5.69 Å². The molecule has 0 aliphatic carbocycles. The van der Waals surface area contributed by atoms with Crippen LogP contribution in [0.5, 0.6) is 0 Å². The van der Waals surface area contributed by atoms with Crippen LogP contribution in [0.1, 0.15) is 57.4 Å². The number of Topliss-reactive ketones (excluding diaryl/α,β-unsaturated/α-hetero) is 1. The maximum Gasteiger partial charge on any atom is 0.355 e. The van der Waals surface area contributed by atoms with E-state index in [-0.39, 0.29) is 24.1 Å². The lowest BCUT2D eigenvalue weighted by Gasteiger charge is -2.15. The summed E-state index contributed by atoms with van der Waals surface area (Å²) in [4.78, 5) is 37.7. The van der Waals surface area contributed by atoms with Crippen molar-refractivity contribution in [3.8, 4) is 0 Å². The number of ether oxygens (including phenoxy) is 1. The number of H-pyrrole nitrogens is 1. The summed E-state index contributed by atoms with van der Waals surface area (Å²) in [7, 11) is 0. The number of nitrogens with one attached hydrogen (secondary N) is 2. The highest BCUT2D eigenvalue weighted by atomic mass is 16.5. The number of aryl methyl sites for hydroxylation is 2. The monoisotopic (exact) mass is 342 g/mol. The summed E-state index contributed by atoms with van der Waals surface area (Å²) in [5.74, 6) is -1.23. The molecule has 6 nitrogen and oxygen atoms in total. The molecule has 0 radical (unpaired) electrons. The van der Waals surface area contributed by atoms with E-state index in [1.807, 2.05) is 39.0 Å². The Morgan fingerprint density at radius 1 is 1.16 bits per heavy atom. The van der Waals surface area contributed by atoms with Gasteiger partial charge in [-0.3, -0.25) is 9.59 Å². The number of carbonyl (C=O) groups is 3. The van der Waals surface area contributed by atoms with Gasteiger partial charge in [-0.2, -0.15) is 0 Å². The molecular weight excluding hydrogens is 320 g/mol. The first-order valence-corrected chi connectivity index (χ1v) is 8.01. The van der Waals surface area contributed by atoms with E-state index in [1.165, 1.54) is 24.8 Å². The fraction of sp³-hybridized carbons (Fsp3) is 0.316. The molecule has 1 aromatic heterocycles. The summed E-state index contributed by atoms with van der Waals surface area (Å²) in [5.41, 5.74) is 3.85. The first-order valence-electron chi connectivity index (χ1n) is 8.01. The predicted molar refractivity (Wildman–Crippen MR) is 93.6 cm³/mol. The largest absolute Gasteiger partial charge is 0.451 e. The molecule has 0 unspecified atom stereocenters. The van der Waals surface area contributed by atoms with E-state index in [9.17, 15) is 14.4 Å². The Kier molecular flexibility index (Phi) is 5.75. The third kappa shape index (κ3) is 4.79. The molecule has 2 N–H and O–H groups in total. The quantitative estimate of drug-likeness (QED) is 0.624. The van der Waals surface area contributed by atoms with Crippen molar-refractivity contribution in [3.05, 3.63) is 58.4 Å². The van der Waals surface area contributed by atoms with Crippen molar-refractivity contribution in [2.24, 2.45) is 0 Å². The third-order valence-corrected chi connectivity index (χ3v) is 4.05. The standard InChI is InChI=1S/C19H22N2O4/c1-11-5-6-15(7-12(11)2)13(3)21-18(23)10-25-19(24)17-8-16(9-20-17)14(4)22/h5-9,13,20H,10H2,1-4H3,(H,21,23)/t13-/m1/s1. The molecule has 6 heteroatoms. The summed E-state index contributed by atoms with van der Waals surface area (Å²) in [6, 6.07) is 7.20. The van der Waals surface area contributed by atoms with Crippen molar-refractivity contribution in [1.82, 2.24) is 10.3 Å². The fourth-order valence-electron chi connectivity index (χ4n) is 2.32. The van der Waals surface area contributed by atoms with E-state index in [1.54, 1.807) is 0 Å². The van der Waals surface area contributed by atoms with Gasteiger partial charge in [0.25, 0.3) is 5.91 Å². The molecule has 1 aromatic carbocycles. The van der Waals surface area contributed by atoms with Gasteiger partial charge in [-0.05, 0) is 50.5 Å². The molecule has 25 heavy (non-hydrogen) atoms. The summed E-state index contributed by atoms with van der Waals surface area (Å²) >= 11 is 0. The number of benzene rings is 1. The van der Waals surface area contributed by atoms with Gasteiger partial charge in [-0.1, -0.05) is 18.2 Å². The first-order chi connectivity index (χ1) is 11.8. The van der Waals surface area contributed by atoms with Crippen LogP contribution < -0.4 is 5.32 Å². The normalized spacial score (nSPS) is 11.7. The number of aromatic nitrogens is 1. The molecule has 0 aliphatic heterocycles. The molecule has 0 aliphatic rings. The van der Waals surface area contributed by atoms with E-state index in [2.05, 4.69) is 10.3 Å². The van der Waals surface area contributed by atoms with Crippen molar-refractivity contribution in [3.63, 3.8) is 0 Å². The van der Waals surface area contributed by atoms with Gasteiger partial charge in [0.15, 0.2) is 12.4 Å². The lowest BCUT2D eigenvalue weighted by Crippen LogP contribution is -2.31. The van der Waals surface area contributed by atoms with Crippen molar-refractivity contribution in [2.75, 3.05) is 6.61 Å². The second-order valence-electron chi connectivity index (χ2n) is 6.07. The highest BCUT2D eigenvalue weighted by Gasteiger charge is 2.15. The first kappa shape index (κ1) is 18.4. The lowest BCUT2D eigenvalue weighted by atomic mass is 10.0. The number of aromatic amines is 1. The summed E-state index contributed by atoms with van der Waals surface area (Å²) < 4.78 is 4.97. The van der Waals surface area contributed by atoms with E-state index >= 15 is 0 Å². The van der Waals surface area contributed by atoms with Crippen LogP contribution in [0, 0.1) is 13.8 Å². The number of carbonyl (C=O) groups excluding carboxylic acids is 3. The summed E-state index contributed by atoms with van der Waals surface area (Å²) in [6.45, 7) is 6.93. The van der Waals surface area contributed by atoms with Gasteiger partial charge in [0, 0.05) is 11.8 Å². The van der Waals surface area contributed by atoms with Crippen molar-refractivity contribution in [1.29, 1.82) is 0 Å². The molecule has 0 saturated carbocycles. The van der Waals surface area contributed by atoms with E-state index in [0.717, 1.165) is 11.1 Å². The number of esters is 1. The Labute approximate surface area is 146 Å². The molecule has 0 bridgehead atoms. The second-order valence-corrected chi connectivity index (χ2v) is 6.07. The Morgan fingerprint density at radius 2 is 1.88 bits per heavy atom. The Balaban J connectivity index is 1.87. The van der Waals surface area contributed by atoms with Crippen LogP contribution in [-0.2, 0) is 9.53 Å². The Bertz CT molecular complexity index is 808. The van der Waals surface area contributed by atoms with Gasteiger partial charge in [0.2, 0.25) is 0 Å². The van der Waals surface area contributed by atoms with E-state index < -0.39 is 11.9 Å². The van der Waals surface area contributed by atoms with Gasteiger partial charge in [-0.15, -0.1) is 0 Å². The van der Waals surface area contributed by atoms with Crippen LogP contribution in [0.4, 0.5) is 0 Å². The van der Waals surface area contributed by atoms with Crippen molar-refractivity contribution in [2.45, 2.75) is 33.7 Å². The molecule has 0 saturated heterocycles. The minimum Gasteiger partial charge on any atom is -0.451 e. The van der Waals surface area contributed by atoms with Gasteiger partial charge in [0.05, 0.1) is 6.04 Å². The molecular formula is C19H22N2O4. The van der Waals surface area contributed by atoms with Gasteiger partial charge >= 0.3 is 5.97 Å². The lowest BCUT2D eigenvalue weighted by molar-refractivity contribution is -0.124. The van der Waals surface area contributed by atoms with Crippen LogP contribution in [0.15, 0.2) is 30.5 Å². The zero-order valence-corrected chi connectivity index (χ0v) is 14.8. The molecule has 1 atom stereocenters. The van der Waals surface area contributed by atoms with Crippen LogP contribution in [-0.4, -0.2) is 29.3 Å². The zero-order chi connectivity index (χ0) is 18.6. The SMILES string of the molecule is CC(=O)c1c[nH]c(C(=O)OCC(=O)N[C@H](C)c2ccc(C)c(C)c2)c1. The smallest absolute Gasteiger partial charge is 0.355 e. The molecule has 2 rings (SSSR count). The minimum absolute atomic E-state index is 0.139. The maximum atomic E-state index is 12.0. The molecule has 0 spiro atoms. The van der Waals surface area contributed by atoms with Crippen molar-refractivity contribution < 1.29 is 19.1 Å². The highest BCUT2D eigenvalue weighted by Crippen LogP contribution is 2.16. The van der Waals surface area contributed by atoms with Crippen LogP contribution >= 0.6 is 0 Å². The minimum atomic E-state index is -0.679. The predicted octanol–water partition coefficient (Wildman–Crippen LogP) is 2.87. The van der Waals surface area contributed by atoms with Crippen molar-refractivity contribution >= 4 is 17.7 Å². The average Bonchev–Trinajstić information content (AvgIpc) is 3.05. The number of hydrogen-bond acceptors (Lipinski definition) is 4. The highest BCUT2D eigenvalue weighted by molar-refractivity contribution is 5.97. The number of hydrogen-bond donors (Lipinski definition) is 2. The van der Waals surface area contributed by atoms with E-state index in [0.29, 0.717) is 5.56 Å². The Hall–Kier alpha value is -2.89. The van der Waals surface area contributed by atoms with Crippen LogP contribution in [0.25, 0.3) is 0 Å². The van der Waals surface area contributed by atoms with Gasteiger partial charge in [-0.25, -0.2) is 4.79 Å². The Morgan fingerprint density at radius 3 is 2.48 bits per heavy atom. The molecule has 1 amide bonds. The van der Waals surface area contributed by atoms with Crippen LogP contribution in [0.2, 0.25) is 0 Å². The number of amides is 1. The van der Waals surface area contributed by atoms with Gasteiger partial charge < -0.3 is 15.0 Å². The van der Waals surface area contributed by atoms with E-state index in [4.69, 9.17) is 4.74 Å². The molecule has 1 heterocycles. The number of rotatable bonds is 6. The molecule has 0 fully saturated rings. The topological polar surface area (TPSA) is 88.3 Å². The number of ketones is 1. The summed E-state index contributed by atoms with van der Waals surface area (Å²) in [5, 5.41) is 2.79. The average molecular weight is 342 g/mol. The maximum absolute atomic E-state index is 12.0. The third-order valence-electron chi connectivity index (χ3n) is 4.05. The molecule has 132 valence electrons. The zero-order valence-electron chi connectivity index (χ0n) is 14.8. The second kappa shape index (κ2) is 7.79. The fourth-order valence-corrected chi connectivity index (χ4v) is 2.32. The molecule has 2 aromatic rings. The van der Waals surface area contributed by atoms with Crippen LogP contribution in [0.3, 0.4) is 0 Å².